The van der Waals surface area contributed by atoms with Crippen LogP contribution in [0.4, 0.5) is 0 Å². The fourth-order valence-corrected chi connectivity index (χ4v) is 5.72. The maximum atomic E-state index is 13.4. The molecule has 1 saturated heterocycles. The molecule has 0 atom stereocenters. The van der Waals surface area contributed by atoms with Gasteiger partial charge in [-0.3, -0.25) is 14.6 Å². The van der Waals surface area contributed by atoms with Crippen molar-refractivity contribution in [1.82, 2.24) is 34.8 Å². The fraction of sp³-hybridized carbons (Fsp3) is 0.323. The number of benzene rings is 1. The first-order valence-electron chi connectivity index (χ1n) is 13.8. The number of nitrogens with one attached hydrogen (secondary N) is 2. The lowest BCUT2D eigenvalue weighted by molar-refractivity contribution is 0.0708. The van der Waals surface area contributed by atoms with E-state index in [0.29, 0.717) is 30.8 Å². The molecular weight excluding hydrogens is 502 g/mol. The lowest BCUT2D eigenvalue weighted by atomic mass is 9.89. The zero-order valence-electron chi connectivity index (χ0n) is 23.1. The molecule has 1 aliphatic rings. The van der Waals surface area contributed by atoms with E-state index in [9.17, 15) is 9.59 Å². The average molecular weight is 536 g/mol. The molecule has 0 spiro atoms. The van der Waals surface area contributed by atoms with Crippen LogP contribution < -0.4 is 5.32 Å². The van der Waals surface area contributed by atoms with Gasteiger partial charge in [0.1, 0.15) is 0 Å². The van der Waals surface area contributed by atoms with Crippen molar-refractivity contribution in [2.24, 2.45) is 0 Å². The molecule has 204 valence electrons. The van der Waals surface area contributed by atoms with Gasteiger partial charge < -0.3 is 15.2 Å². The Balaban J connectivity index is 1.12. The van der Waals surface area contributed by atoms with Crippen LogP contribution in [0.15, 0.2) is 54.9 Å². The van der Waals surface area contributed by atoms with Gasteiger partial charge in [-0.15, -0.1) is 0 Å². The van der Waals surface area contributed by atoms with Gasteiger partial charge >= 0.3 is 0 Å². The molecule has 5 heterocycles. The van der Waals surface area contributed by atoms with Crippen LogP contribution >= 0.6 is 0 Å². The molecule has 2 N–H and O–H groups in total. The van der Waals surface area contributed by atoms with E-state index in [1.165, 1.54) is 10.9 Å². The highest BCUT2D eigenvalue weighted by atomic mass is 16.2. The average Bonchev–Trinajstić information content (AvgIpc) is 3.56. The van der Waals surface area contributed by atoms with E-state index in [4.69, 9.17) is 4.98 Å². The van der Waals surface area contributed by atoms with Crippen molar-refractivity contribution in [3.8, 4) is 0 Å². The second kappa shape index (κ2) is 10.6. The number of aryl methyl sites for hydroxylation is 3. The quantitative estimate of drug-likeness (QED) is 0.332. The van der Waals surface area contributed by atoms with E-state index >= 15 is 0 Å². The summed E-state index contributed by atoms with van der Waals surface area (Å²) in [5, 5.41) is 8.75. The molecule has 9 nitrogen and oxygen atoms in total. The molecule has 2 amide bonds. The molecule has 9 heteroatoms. The molecule has 0 aliphatic carbocycles. The van der Waals surface area contributed by atoms with Crippen molar-refractivity contribution in [3.05, 3.63) is 94.3 Å². The molecule has 6 rings (SSSR count). The maximum absolute atomic E-state index is 13.4. The van der Waals surface area contributed by atoms with Gasteiger partial charge in [-0.25, -0.2) is 9.50 Å². The lowest BCUT2D eigenvalue weighted by Gasteiger charge is -2.32. The third kappa shape index (κ3) is 4.83. The van der Waals surface area contributed by atoms with Crippen LogP contribution in [0.5, 0.6) is 0 Å². The summed E-state index contributed by atoms with van der Waals surface area (Å²) in [6.07, 6.45) is 5.89. The number of carbonyl (C=O) groups is 2. The van der Waals surface area contributed by atoms with E-state index in [1.54, 1.807) is 10.7 Å². The van der Waals surface area contributed by atoms with Crippen molar-refractivity contribution >= 4 is 28.4 Å². The Morgan fingerprint density at radius 2 is 1.82 bits per heavy atom. The highest BCUT2D eigenvalue weighted by Crippen LogP contribution is 2.30. The summed E-state index contributed by atoms with van der Waals surface area (Å²) in [5.74, 6) is -0.0369. The number of aromatic amines is 1. The fourth-order valence-electron chi connectivity index (χ4n) is 5.72. The number of nitrogens with zero attached hydrogens (tertiary/aromatic N) is 5. The molecule has 1 aliphatic heterocycles. The van der Waals surface area contributed by atoms with Crippen LogP contribution in [0.2, 0.25) is 0 Å². The number of piperidine rings is 1. The molecule has 0 unspecified atom stereocenters. The first kappa shape index (κ1) is 25.7. The number of aromatic nitrogens is 5. The molecule has 1 fully saturated rings. The number of hydrogen-bond acceptors (Lipinski definition) is 5. The van der Waals surface area contributed by atoms with Crippen molar-refractivity contribution in [1.29, 1.82) is 0 Å². The van der Waals surface area contributed by atoms with E-state index in [-0.39, 0.29) is 17.7 Å². The van der Waals surface area contributed by atoms with Gasteiger partial charge in [0.05, 0.1) is 28.2 Å². The number of fused-ring (bicyclic) bond motifs is 2. The van der Waals surface area contributed by atoms with Crippen LogP contribution in [-0.2, 0) is 6.42 Å². The van der Waals surface area contributed by atoms with Crippen LogP contribution in [0, 0.1) is 20.8 Å². The number of hydrogen-bond donors (Lipinski definition) is 2. The largest absolute Gasteiger partial charge is 0.361 e. The predicted molar refractivity (Wildman–Crippen MR) is 154 cm³/mol. The lowest BCUT2D eigenvalue weighted by Crippen LogP contribution is -2.39. The predicted octanol–water partition coefficient (Wildman–Crippen LogP) is 4.52. The van der Waals surface area contributed by atoms with Gasteiger partial charge in [-0.2, -0.15) is 5.10 Å². The third-order valence-corrected chi connectivity index (χ3v) is 7.91. The zero-order valence-corrected chi connectivity index (χ0v) is 23.1. The molecule has 40 heavy (non-hydrogen) atoms. The molecule has 4 aromatic heterocycles. The van der Waals surface area contributed by atoms with Gasteiger partial charge in [0.15, 0.2) is 5.65 Å². The Morgan fingerprint density at radius 1 is 1.02 bits per heavy atom. The number of para-hydroxylation sites is 1. The summed E-state index contributed by atoms with van der Waals surface area (Å²) < 4.78 is 1.73. The minimum Gasteiger partial charge on any atom is -0.361 e. The molecule has 0 bridgehead atoms. The SMILES string of the molecule is Cc1ccc(C(=O)NCCc2c[nH]c3ccccc23)c(C2CCN(C(=O)c3cnc4cc(C)nn4c3C)CC2)n1. The Morgan fingerprint density at radius 3 is 2.65 bits per heavy atom. The van der Waals surface area contributed by atoms with E-state index in [0.717, 1.165) is 53.2 Å². The van der Waals surface area contributed by atoms with Crippen LogP contribution in [0.1, 0.15) is 67.8 Å². The number of pyridine rings is 1. The number of likely N-dealkylation sites (tertiary alicyclic amines) is 1. The Labute approximate surface area is 232 Å². The molecule has 1 aromatic carbocycles. The molecule has 5 aromatic rings. The van der Waals surface area contributed by atoms with E-state index < -0.39 is 0 Å². The van der Waals surface area contributed by atoms with Gasteiger partial charge in [0.25, 0.3) is 11.8 Å². The monoisotopic (exact) mass is 535 g/mol. The second-order valence-corrected chi connectivity index (χ2v) is 10.6. The topological polar surface area (TPSA) is 108 Å². The maximum Gasteiger partial charge on any atom is 0.257 e. The third-order valence-electron chi connectivity index (χ3n) is 7.91. The van der Waals surface area contributed by atoms with E-state index in [2.05, 4.69) is 32.5 Å². The Bertz CT molecular complexity index is 1730. The summed E-state index contributed by atoms with van der Waals surface area (Å²) in [6, 6.07) is 13.9. The highest BCUT2D eigenvalue weighted by Gasteiger charge is 2.29. The first-order valence-corrected chi connectivity index (χ1v) is 13.8. The van der Waals surface area contributed by atoms with Crippen LogP contribution in [-0.4, -0.2) is 60.9 Å². The van der Waals surface area contributed by atoms with Gasteiger partial charge in [0, 0.05) is 60.6 Å². The molecular formula is C31H33N7O2. The van der Waals surface area contributed by atoms with Gasteiger partial charge in [-0.05, 0) is 63.8 Å². The minimum atomic E-state index is -0.106. The van der Waals surface area contributed by atoms with Crippen molar-refractivity contribution in [2.45, 2.75) is 46.0 Å². The second-order valence-electron chi connectivity index (χ2n) is 10.6. The smallest absolute Gasteiger partial charge is 0.257 e. The standard InChI is InChI=1S/C31H33N7O2/c1-19-8-9-25(30(39)32-13-10-23-17-33-27-7-5-4-6-24(23)27)29(35-19)22-11-14-37(15-12-22)31(40)26-18-34-28-16-20(2)36-38(28)21(26)3/h4-9,16-18,22,33H,10-15H2,1-3H3,(H,32,39). The van der Waals surface area contributed by atoms with Crippen LogP contribution in [0.3, 0.4) is 0 Å². The first-order chi connectivity index (χ1) is 19.4. The summed E-state index contributed by atoms with van der Waals surface area (Å²) >= 11 is 0. The van der Waals surface area contributed by atoms with Gasteiger partial charge in [0.2, 0.25) is 0 Å². The number of carbonyl (C=O) groups excluding carboxylic acids is 2. The number of rotatable bonds is 6. The minimum absolute atomic E-state index is 0.0362. The summed E-state index contributed by atoms with van der Waals surface area (Å²) in [5.41, 5.74) is 7.57. The molecule has 0 saturated carbocycles. The Hall–Kier alpha value is -4.53. The zero-order chi connectivity index (χ0) is 27.8. The number of H-pyrrole nitrogens is 1. The highest BCUT2D eigenvalue weighted by molar-refractivity contribution is 5.96. The van der Waals surface area contributed by atoms with Crippen molar-refractivity contribution in [3.63, 3.8) is 0 Å². The normalized spacial score (nSPS) is 14.2. The van der Waals surface area contributed by atoms with Crippen molar-refractivity contribution in [2.75, 3.05) is 19.6 Å². The van der Waals surface area contributed by atoms with Crippen molar-refractivity contribution < 1.29 is 9.59 Å². The van der Waals surface area contributed by atoms with E-state index in [1.807, 2.05) is 62.2 Å². The summed E-state index contributed by atoms with van der Waals surface area (Å²) in [7, 11) is 0. The summed E-state index contributed by atoms with van der Waals surface area (Å²) in [4.78, 5) is 41.1. The Kier molecular flexibility index (Phi) is 6.79. The van der Waals surface area contributed by atoms with Gasteiger partial charge in [-0.1, -0.05) is 18.2 Å². The number of amides is 2. The van der Waals surface area contributed by atoms with Crippen LogP contribution in [0.25, 0.3) is 16.6 Å². The summed E-state index contributed by atoms with van der Waals surface area (Å²) in [6.45, 7) is 7.49. The molecule has 0 radical (unpaired) electrons.